The highest BCUT2D eigenvalue weighted by Crippen LogP contribution is 2.27. The Morgan fingerprint density at radius 3 is 2.14 bits per heavy atom. The van der Waals surface area contributed by atoms with E-state index in [1.165, 1.54) is 18.2 Å². The van der Waals surface area contributed by atoms with Crippen LogP contribution in [0.25, 0.3) is 11.1 Å². The van der Waals surface area contributed by atoms with Crippen molar-refractivity contribution in [1.29, 1.82) is 0 Å². The third-order valence-corrected chi connectivity index (χ3v) is 3.45. The van der Waals surface area contributed by atoms with E-state index in [-0.39, 0.29) is 22.9 Å². The lowest BCUT2D eigenvalue weighted by Crippen LogP contribution is -2.01. The summed E-state index contributed by atoms with van der Waals surface area (Å²) in [6, 6.07) is 19.6. The summed E-state index contributed by atoms with van der Waals surface area (Å²) in [6.07, 6.45) is 0. The standard InChI is InChI=1S/C19H13FO2/c20-16-9-6-13(7-10-16)15-8-11-18(21)17(12-15)19(22)14-4-2-1-3-5-14/h1-12,21H. The number of carbonyl (C=O) groups is 1. The van der Waals surface area contributed by atoms with Crippen molar-refractivity contribution in [3.8, 4) is 16.9 Å². The fraction of sp³-hybridized carbons (Fsp3) is 0. The summed E-state index contributed by atoms with van der Waals surface area (Å²) in [4.78, 5) is 12.5. The van der Waals surface area contributed by atoms with Crippen LogP contribution >= 0.6 is 0 Å². The smallest absolute Gasteiger partial charge is 0.196 e. The Morgan fingerprint density at radius 1 is 0.818 bits per heavy atom. The number of phenolic OH excluding ortho intramolecular Hbond substituents is 1. The van der Waals surface area contributed by atoms with Crippen molar-refractivity contribution in [2.45, 2.75) is 0 Å². The molecule has 0 aliphatic heterocycles. The minimum absolute atomic E-state index is 0.0697. The largest absolute Gasteiger partial charge is 0.507 e. The van der Waals surface area contributed by atoms with E-state index in [4.69, 9.17) is 0 Å². The van der Waals surface area contributed by atoms with Crippen LogP contribution in [0.2, 0.25) is 0 Å². The molecule has 0 spiro atoms. The minimum Gasteiger partial charge on any atom is -0.507 e. The van der Waals surface area contributed by atoms with Crippen LogP contribution in [-0.2, 0) is 0 Å². The number of carbonyl (C=O) groups excluding carboxylic acids is 1. The van der Waals surface area contributed by atoms with Crippen LogP contribution in [0.3, 0.4) is 0 Å². The molecule has 1 N–H and O–H groups in total. The lowest BCUT2D eigenvalue weighted by molar-refractivity contribution is 0.103. The highest BCUT2D eigenvalue weighted by Gasteiger charge is 2.14. The number of hydrogen-bond acceptors (Lipinski definition) is 2. The van der Waals surface area contributed by atoms with Crippen LogP contribution in [-0.4, -0.2) is 10.9 Å². The monoisotopic (exact) mass is 292 g/mol. The summed E-state index contributed by atoms with van der Waals surface area (Å²) in [6.45, 7) is 0. The molecule has 108 valence electrons. The Bertz CT molecular complexity index is 809. The molecule has 0 fully saturated rings. The maximum Gasteiger partial charge on any atom is 0.196 e. The summed E-state index contributed by atoms with van der Waals surface area (Å²) < 4.78 is 13.0. The van der Waals surface area contributed by atoms with Gasteiger partial charge in [0.15, 0.2) is 5.78 Å². The van der Waals surface area contributed by atoms with Gasteiger partial charge in [-0.25, -0.2) is 4.39 Å². The molecule has 22 heavy (non-hydrogen) atoms. The molecular weight excluding hydrogens is 279 g/mol. The van der Waals surface area contributed by atoms with Crippen molar-refractivity contribution in [2.75, 3.05) is 0 Å². The Balaban J connectivity index is 2.04. The minimum atomic E-state index is -0.317. The first-order valence-electron chi connectivity index (χ1n) is 6.84. The summed E-state index contributed by atoms with van der Waals surface area (Å²) >= 11 is 0. The van der Waals surface area contributed by atoms with Crippen molar-refractivity contribution >= 4 is 5.78 Å². The quantitative estimate of drug-likeness (QED) is 0.725. The third-order valence-electron chi connectivity index (χ3n) is 3.45. The van der Waals surface area contributed by atoms with E-state index in [1.807, 2.05) is 6.07 Å². The number of benzene rings is 3. The number of aromatic hydroxyl groups is 1. The van der Waals surface area contributed by atoms with E-state index in [0.29, 0.717) is 5.56 Å². The van der Waals surface area contributed by atoms with E-state index in [2.05, 4.69) is 0 Å². The third kappa shape index (κ3) is 2.74. The molecule has 3 aromatic rings. The van der Waals surface area contributed by atoms with Gasteiger partial charge in [-0.2, -0.15) is 0 Å². The summed E-state index contributed by atoms with van der Waals surface area (Å²) in [7, 11) is 0. The SMILES string of the molecule is O=C(c1ccccc1)c1cc(-c2ccc(F)cc2)ccc1O. The summed E-state index contributed by atoms with van der Waals surface area (Å²) in [5.74, 6) is -0.634. The molecule has 0 aliphatic carbocycles. The zero-order valence-electron chi connectivity index (χ0n) is 11.7. The topological polar surface area (TPSA) is 37.3 Å². The molecule has 0 bridgehead atoms. The van der Waals surface area contributed by atoms with Gasteiger partial charge in [0.2, 0.25) is 0 Å². The van der Waals surface area contributed by atoms with Crippen LogP contribution in [0.5, 0.6) is 5.75 Å². The molecule has 0 aliphatic rings. The van der Waals surface area contributed by atoms with Crippen molar-refractivity contribution in [1.82, 2.24) is 0 Å². The van der Waals surface area contributed by atoms with E-state index in [9.17, 15) is 14.3 Å². The van der Waals surface area contributed by atoms with E-state index in [1.54, 1.807) is 48.5 Å². The molecule has 0 atom stereocenters. The number of hydrogen-bond donors (Lipinski definition) is 1. The Kier molecular flexibility index (Phi) is 3.71. The van der Waals surface area contributed by atoms with Gasteiger partial charge in [0, 0.05) is 5.56 Å². The molecule has 0 aromatic heterocycles. The second-order valence-electron chi connectivity index (χ2n) is 4.93. The fourth-order valence-corrected chi connectivity index (χ4v) is 2.28. The molecule has 3 aromatic carbocycles. The van der Waals surface area contributed by atoms with E-state index < -0.39 is 0 Å². The number of phenols is 1. The van der Waals surface area contributed by atoms with Gasteiger partial charge in [-0.15, -0.1) is 0 Å². The highest BCUT2D eigenvalue weighted by atomic mass is 19.1. The maximum atomic E-state index is 13.0. The molecule has 0 saturated heterocycles. The van der Waals surface area contributed by atoms with Gasteiger partial charge in [0.25, 0.3) is 0 Å². The molecular formula is C19H13FO2. The van der Waals surface area contributed by atoms with Gasteiger partial charge >= 0.3 is 0 Å². The van der Waals surface area contributed by atoms with Crippen LogP contribution in [0, 0.1) is 5.82 Å². The zero-order valence-corrected chi connectivity index (χ0v) is 11.7. The van der Waals surface area contributed by atoms with Crippen molar-refractivity contribution < 1.29 is 14.3 Å². The predicted molar refractivity (Wildman–Crippen MR) is 83.4 cm³/mol. The predicted octanol–water partition coefficient (Wildman–Crippen LogP) is 4.43. The van der Waals surface area contributed by atoms with Crippen LogP contribution < -0.4 is 0 Å². The number of ketones is 1. The second kappa shape index (κ2) is 5.82. The lowest BCUT2D eigenvalue weighted by atomic mass is 9.97. The molecule has 3 rings (SSSR count). The Morgan fingerprint density at radius 2 is 1.45 bits per heavy atom. The lowest BCUT2D eigenvalue weighted by Gasteiger charge is -2.08. The Labute approximate surface area is 127 Å². The first-order valence-corrected chi connectivity index (χ1v) is 6.84. The second-order valence-corrected chi connectivity index (χ2v) is 4.93. The van der Waals surface area contributed by atoms with Gasteiger partial charge in [0.1, 0.15) is 11.6 Å². The van der Waals surface area contributed by atoms with Gasteiger partial charge < -0.3 is 5.11 Å². The highest BCUT2D eigenvalue weighted by molar-refractivity contribution is 6.11. The average Bonchev–Trinajstić information content (AvgIpc) is 2.56. The first-order chi connectivity index (χ1) is 10.6. The Hall–Kier alpha value is -2.94. The molecule has 0 saturated carbocycles. The fourth-order valence-electron chi connectivity index (χ4n) is 2.28. The molecule has 0 amide bonds. The van der Waals surface area contributed by atoms with Gasteiger partial charge in [-0.3, -0.25) is 4.79 Å². The molecule has 3 heteroatoms. The normalized spacial score (nSPS) is 10.4. The van der Waals surface area contributed by atoms with Crippen molar-refractivity contribution in [3.05, 3.63) is 89.7 Å². The van der Waals surface area contributed by atoms with Gasteiger partial charge in [-0.1, -0.05) is 48.5 Å². The van der Waals surface area contributed by atoms with Crippen LogP contribution in [0.4, 0.5) is 4.39 Å². The zero-order chi connectivity index (χ0) is 15.5. The van der Waals surface area contributed by atoms with E-state index in [0.717, 1.165) is 11.1 Å². The molecule has 2 nitrogen and oxygen atoms in total. The maximum absolute atomic E-state index is 13.0. The van der Waals surface area contributed by atoms with Crippen molar-refractivity contribution in [3.63, 3.8) is 0 Å². The van der Waals surface area contributed by atoms with Gasteiger partial charge in [-0.05, 0) is 35.4 Å². The average molecular weight is 292 g/mol. The first kappa shape index (κ1) is 14.0. The van der Waals surface area contributed by atoms with Crippen LogP contribution in [0.1, 0.15) is 15.9 Å². The molecule has 0 heterocycles. The summed E-state index contributed by atoms with van der Waals surface area (Å²) in [5.41, 5.74) is 2.27. The molecule has 0 unspecified atom stereocenters. The van der Waals surface area contributed by atoms with Gasteiger partial charge in [0.05, 0.1) is 5.56 Å². The number of rotatable bonds is 3. The number of halogens is 1. The summed E-state index contributed by atoms with van der Waals surface area (Å²) in [5, 5.41) is 9.98. The van der Waals surface area contributed by atoms with Crippen LogP contribution in [0.15, 0.2) is 72.8 Å². The van der Waals surface area contributed by atoms with Crippen molar-refractivity contribution in [2.24, 2.45) is 0 Å². The van der Waals surface area contributed by atoms with E-state index >= 15 is 0 Å². The molecule has 0 radical (unpaired) electrons.